The van der Waals surface area contributed by atoms with Crippen molar-refractivity contribution in [2.75, 3.05) is 13.6 Å². The minimum absolute atomic E-state index is 0.0446. The molecule has 3 heterocycles. The van der Waals surface area contributed by atoms with Gasteiger partial charge in [0.2, 0.25) is 0 Å². The number of benzene rings is 2. The Bertz CT molecular complexity index is 1080. The van der Waals surface area contributed by atoms with Crippen LogP contribution in [0.5, 0.6) is 0 Å². The predicted octanol–water partition coefficient (Wildman–Crippen LogP) is 4.30. The Kier molecular flexibility index (Phi) is 4.06. The summed E-state index contributed by atoms with van der Waals surface area (Å²) in [5.41, 5.74) is 2.76. The Balaban J connectivity index is 1.72. The van der Waals surface area contributed by atoms with E-state index in [-0.39, 0.29) is 5.56 Å². The fourth-order valence-electron chi connectivity index (χ4n) is 4.81. The molecule has 0 aliphatic carbocycles. The number of likely N-dealkylation sites (N-methyl/N-ethyl adjacent to an activating group) is 1. The minimum Gasteiger partial charge on any atom is -0.303 e. The molecule has 0 radical (unpaired) electrons. The SMILES string of the molecule is CN1CCC[C@@H]2c3nc4cc(-c5ccccc5)c(Cl)cc4c(=O)n3CC[C@H]21. The van der Waals surface area contributed by atoms with Crippen LogP contribution in [0.1, 0.15) is 31.0 Å². The summed E-state index contributed by atoms with van der Waals surface area (Å²) < 4.78 is 1.89. The molecule has 0 unspecified atom stereocenters. The summed E-state index contributed by atoms with van der Waals surface area (Å²) in [5.74, 6) is 1.29. The van der Waals surface area contributed by atoms with Crippen molar-refractivity contribution in [3.05, 3.63) is 63.7 Å². The van der Waals surface area contributed by atoms with Gasteiger partial charge in [0.25, 0.3) is 5.56 Å². The highest BCUT2D eigenvalue weighted by molar-refractivity contribution is 6.34. The molecule has 2 aliphatic heterocycles. The van der Waals surface area contributed by atoms with E-state index in [1.807, 2.05) is 41.0 Å². The lowest BCUT2D eigenvalue weighted by Gasteiger charge is -2.42. The summed E-state index contributed by atoms with van der Waals surface area (Å²) in [6, 6.07) is 14.3. The maximum Gasteiger partial charge on any atom is 0.261 e. The van der Waals surface area contributed by atoms with Gasteiger partial charge < -0.3 is 4.90 Å². The van der Waals surface area contributed by atoms with Crippen molar-refractivity contribution >= 4 is 22.5 Å². The van der Waals surface area contributed by atoms with Crippen LogP contribution in [0.4, 0.5) is 0 Å². The van der Waals surface area contributed by atoms with E-state index >= 15 is 0 Å². The molecule has 2 aromatic carbocycles. The lowest BCUT2D eigenvalue weighted by atomic mass is 9.84. The van der Waals surface area contributed by atoms with Gasteiger partial charge in [0.05, 0.1) is 10.9 Å². The molecule has 4 nitrogen and oxygen atoms in total. The first-order chi connectivity index (χ1) is 13.1. The number of hydrogen-bond donors (Lipinski definition) is 0. The second-order valence-corrected chi connectivity index (χ2v) is 8.13. The third-order valence-electron chi connectivity index (χ3n) is 6.19. The summed E-state index contributed by atoms with van der Waals surface area (Å²) in [4.78, 5) is 20.6. The Labute approximate surface area is 163 Å². The molecule has 5 heteroatoms. The number of likely N-dealkylation sites (tertiary alicyclic amines) is 1. The van der Waals surface area contributed by atoms with Crippen molar-refractivity contribution in [1.29, 1.82) is 0 Å². The highest BCUT2D eigenvalue weighted by Gasteiger charge is 2.36. The Morgan fingerprint density at radius 3 is 2.74 bits per heavy atom. The fraction of sp³-hybridized carbons (Fsp3) is 0.364. The molecule has 5 rings (SSSR count). The zero-order chi connectivity index (χ0) is 18.5. The van der Waals surface area contributed by atoms with Gasteiger partial charge in [-0.3, -0.25) is 9.36 Å². The van der Waals surface area contributed by atoms with Crippen molar-refractivity contribution in [2.24, 2.45) is 0 Å². The normalized spacial score (nSPS) is 22.4. The molecule has 2 aliphatic rings. The summed E-state index contributed by atoms with van der Waals surface area (Å²) in [7, 11) is 2.19. The highest BCUT2D eigenvalue weighted by atomic mass is 35.5. The molecule has 0 N–H and O–H groups in total. The predicted molar refractivity (Wildman–Crippen MR) is 109 cm³/mol. The molecule has 0 bridgehead atoms. The molecule has 138 valence electrons. The van der Waals surface area contributed by atoms with Crippen molar-refractivity contribution in [2.45, 2.75) is 37.8 Å². The number of hydrogen-bond acceptors (Lipinski definition) is 3. The Hall–Kier alpha value is -2.17. The van der Waals surface area contributed by atoms with Gasteiger partial charge >= 0.3 is 0 Å². The van der Waals surface area contributed by atoms with Gasteiger partial charge in [-0.15, -0.1) is 0 Å². The maximum atomic E-state index is 13.2. The largest absolute Gasteiger partial charge is 0.303 e. The van der Waals surface area contributed by atoms with Crippen LogP contribution in [0.3, 0.4) is 0 Å². The first-order valence-corrected chi connectivity index (χ1v) is 10.0. The van der Waals surface area contributed by atoms with Crippen LogP contribution < -0.4 is 5.56 Å². The van der Waals surface area contributed by atoms with Crippen LogP contribution in [0.25, 0.3) is 22.0 Å². The molecule has 2 atom stereocenters. The molecule has 1 aromatic heterocycles. The van der Waals surface area contributed by atoms with Crippen molar-refractivity contribution in [1.82, 2.24) is 14.5 Å². The summed E-state index contributed by atoms with van der Waals surface area (Å²) >= 11 is 6.54. The zero-order valence-corrected chi connectivity index (χ0v) is 16.1. The lowest BCUT2D eigenvalue weighted by molar-refractivity contribution is 0.123. The van der Waals surface area contributed by atoms with Crippen molar-refractivity contribution < 1.29 is 0 Å². The molecule has 0 saturated carbocycles. The number of fused-ring (bicyclic) bond motifs is 4. The summed E-state index contributed by atoms with van der Waals surface area (Å²) in [5, 5.41) is 1.21. The van der Waals surface area contributed by atoms with Crippen molar-refractivity contribution in [3.63, 3.8) is 0 Å². The van der Waals surface area contributed by atoms with Crippen LogP contribution >= 0.6 is 11.6 Å². The van der Waals surface area contributed by atoms with Crippen molar-refractivity contribution in [3.8, 4) is 11.1 Å². The van der Waals surface area contributed by atoms with Crippen LogP contribution in [-0.4, -0.2) is 34.1 Å². The molecule has 3 aromatic rings. The third-order valence-corrected chi connectivity index (χ3v) is 6.51. The number of aromatic nitrogens is 2. The van der Waals surface area contributed by atoms with Crippen LogP contribution in [0.2, 0.25) is 5.02 Å². The molecule has 0 amide bonds. The lowest BCUT2D eigenvalue weighted by Crippen LogP contribution is -2.47. The minimum atomic E-state index is 0.0446. The quantitative estimate of drug-likeness (QED) is 0.632. The average molecular weight is 380 g/mol. The van der Waals surface area contributed by atoms with E-state index in [9.17, 15) is 4.79 Å². The van der Waals surface area contributed by atoms with Gasteiger partial charge in [-0.1, -0.05) is 41.9 Å². The molecular weight excluding hydrogens is 358 g/mol. The molecule has 1 fully saturated rings. The van der Waals surface area contributed by atoms with Crippen LogP contribution in [0, 0.1) is 0 Å². The van der Waals surface area contributed by atoms with Gasteiger partial charge in [-0.2, -0.15) is 0 Å². The van der Waals surface area contributed by atoms with E-state index in [0.717, 1.165) is 54.8 Å². The number of halogens is 1. The molecule has 1 saturated heterocycles. The second-order valence-electron chi connectivity index (χ2n) is 7.73. The van der Waals surface area contributed by atoms with E-state index in [0.29, 0.717) is 22.4 Å². The van der Waals surface area contributed by atoms with E-state index in [1.165, 1.54) is 0 Å². The van der Waals surface area contributed by atoms with Gasteiger partial charge in [-0.05, 0) is 50.6 Å². The standard InChI is InChI=1S/C22H22ClN3O/c1-25-10-5-8-15-20(25)9-11-26-21(15)24-19-13-16(14-6-3-2-4-7-14)18(23)12-17(19)22(26)27/h2-4,6-7,12-13,15,20H,5,8-11H2,1H3/t15-,20+/m0/s1. The maximum absolute atomic E-state index is 13.2. The zero-order valence-electron chi connectivity index (χ0n) is 15.4. The Morgan fingerprint density at radius 1 is 1.11 bits per heavy atom. The first-order valence-electron chi connectivity index (χ1n) is 9.63. The number of piperidine rings is 1. The first kappa shape index (κ1) is 17.0. The molecule has 0 spiro atoms. The number of nitrogens with zero attached hydrogens (tertiary/aromatic N) is 3. The number of rotatable bonds is 1. The topological polar surface area (TPSA) is 38.1 Å². The summed E-state index contributed by atoms with van der Waals surface area (Å²) in [6.07, 6.45) is 3.27. The van der Waals surface area contributed by atoms with Crippen LogP contribution in [-0.2, 0) is 6.54 Å². The summed E-state index contributed by atoms with van der Waals surface area (Å²) in [6.45, 7) is 1.87. The van der Waals surface area contributed by atoms with Gasteiger partial charge in [-0.25, -0.2) is 4.98 Å². The average Bonchev–Trinajstić information content (AvgIpc) is 2.69. The molecular formula is C22H22ClN3O. The highest BCUT2D eigenvalue weighted by Crippen LogP contribution is 2.37. The van der Waals surface area contributed by atoms with Crippen LogP contribution in [0.15, 0.2) is 47.3 Å². The van der Waals surface area contributed by atoms with Gasteiger partial charge in [0.1, 0.15) is 5.82 Å². The van der Waals surface area contributed by atoms with Gasteiger partial charge in [0, 0.05) is 29.1 Å². The fourth-order valence-corrected chi connectivity index (χ4v) is 5.08. The monoisotopic (exact) mass is 379 g/mol. The molecule has 27 heavy (non-hydrogen) atoms. The van der Waals surface area contributed by atoms with E-state index in [2.05, 4.69) is 11.9 Å². The van der Waals surface area contributed by atoms with E-state index < -0.39 is 0 Å². The Morgan fingerprint density at radius 2 is 1.93 bits per heavy atom. The smallest absolute Gasteiger partial charge is 0.261 e. The van der Waals surface area contributed by atoms with Gasteiger partial charge in [0.15, 0.2) is 0 Å². The third kappa shape index (κ3) is 2.70. The second kappa shape index (κ2) is 6.47. The van der Waals surface area contributed by atoms with E-state index in [4.69, 9.17) is 16.6 Å². The van der Waals surface area contributed by atoms with E-state index in [1.54, 1.807) is 6.07 Å².